The zero-order valence-electron chi connectivity index (χ0n) is 16.1. The van der Waals surface area contributed by atoms with Gasteiger partial charge in [0.2, 0.25) is 0 Å². The van der Waals surface area contributed by atoms with Crippen molar-refractivity contribution in [3.8, 4) is 5.75 Å². The minimum Gasteiger partial charge on any atom is -0.507 e. The highest BCUT2D eigenvalue weighted by molar-refractivity contribution is 9.10. The molecule has 0 aliphatic carbocycles. The summed E-state index contributed by atoms with van der Waals surface area (Å²) in [5, 5.41) is 15.0. The van der Waals surface area contributed by atoms with Crippen LogP contribution in [0.2, 0.25) is 0 Å². The Kier molecular flexibility index (Phi) is 5.17. The fraction of sp³-hybridized carbons (Fsp3) is 0.136. The average molecular weight is 469 g/mol. The van der Waals surface area contributed by atoms with Crippen LogP contribution in [0.3, 0.4) is 0 Å². The Morgan fingerprint density at radius 2 is 1.90 bits per heavy atom. The first kappa shape index (κ1) is 19.9. The Morgan fingerprint density at radius 3 is 2.53 bits per heavy atom. The molecule has 1 N–H and O–H groups in total. The Bertz CT molecular complexity index is 1170. The third-order valence-electron chi connectivity index (χ3n) is 4.84. The number of anilines is 1. The summed E-state index contributed by atoms with van der Waals surface area (Å²) in [5.74, 6) is -0.672. The predicted octanol–water partition coefficient (Wildman–Crippen LogP) is 4.38. The van der Waals surface area contributed by atoms with Crippen LogP contribution in [0.1, 0.15) is 22.9 Å². The molecule has 152 valence electrons. The minimum atomic E-state index is -0.867. The van der Waals surface area contributed by atoms with Gasteiger partial charge in [0.05, 0.1) is 18.7 Å². The van der Waals surface area contributed by atoms with Gasteiger partial charge >= 0.3 is 5.91 Å². The molecule has 0 radical (unpaired) electrons. The van der Waals surface area contributed by atoms with Crippen LogP contribution in [-0.2, 0) is 9.59 Å². The predicted molar refractivity (Wildman–Crippen MR) is 113 cm³/mol. The monoisotopic (exact) mass is 468 g/mol. The van der Waals surface area contributed by atoms with Gasteiger partial charge in [-0.25, -0.2) is 0 Å². The second-order valence-electron chi connectivity index (χ2n) is 6.75. The zero-order valence-corrected chi connectivity index (χ0v) is 17.7. The molecule has 2 heterocycles. The number of hydrogen-bond donors (Lipinski definition) is 1. The molecule has 1 saturated heterocycles. The molecule has 1 aliphatic rings. The van der Waals surface area contributed by atoms with Crippen molar-refractivity contribution in [1.82, 2.24) is 5.16 Å². The molecule has 4 rings (SSSR count). The van der Waals surface area contributed by atoms with E-state index in [2.05, 4.69) is 21.1 Å². The lowest BCUT2D eigenvalue weighted by Gasteiger charge is -2.23. The number of carbonyl (C=O) groups excluding carboxylic acids is 2. The van der Waals surface area contributed by atoms with Gasteiger partial charge in [0, 0.05) is 16.1 Å². The van der Waals surface area contributed by atoms with Crippen molar-refractivity contribution in [3.05, 3.63) is 81.5 Å². The van der Waals surface area contributed by atoms with Crippen LogP contribution in [0.15, 0.2) is 69.2 Å². The number of hydrogen-bond acceptors (Lipinski definition) is 6. The van der Waals surface area contributed by atoms with Crippen LogP contribution < -0.4 is 9.64 Å². The molecule has 2 aromatic carbocycles. The van der Waals surface area contributed by atoms with Gasteiger partial charge < -0.3 is 14.4 Å². The largest absolute Gasteiger partial charge is 0.507 e. The van der Waals surface area contributed by atoms with Gasteiger partial charge in [0.25, 0.3) is 5.78 Å². The van der Waals surface area contributed by atoms with Crippen LogP contribution in [0.25, 0.3) is 5.76 Å². The molecule has 1 amide bonds. The van der Waals surface area contributed by atoms with Crippen LogP contribution >= 0.6 is 15.9 Å². The average Bonchev–Trinajstić information content (AvgIpc) is 3.29. The first-order chi connectivity index (χ1) is 14.4. The van der Waals surface area contributed by atoms with E-state index in [1.165, 1.54) is 12.0 Å². The number of benzene rings is 2. The first-order valence-corrected chi connectivity index (χ1v) is 9.84. The number of amides is 1. The summed E-state index contributed by atoms with van der Waals surface area (Å²) in [5.41, 5.74) is 0.976. The standard InChI is InChI=1S/C22H17BrN2O5/c1-12-10-17(24-30-12)25-19(13-6-8-15(23)9-7-13)18(21(27)22(25)28)20(26)14-4-3-5-16(11-14)29-2/h3-11,19,26H,1-2H3/t19-/m1/s1. The number of rotatable bonds is 4. The molecule has 0 saturated carbocycles. The van der Waals surface area contributed by atoms with E-state index >= 15 is 0 Å². The van der Waals surface area contributed by atoms with Crippen LogP contribution in [-0.4, -0.2) is 29.1 Å². The number of aliphatic hydroxyl groups is 1. The molecule has 0 bridgehead atoms. The van der Waals surface area contributed by atoms with Gasteiger partial charge in [-0.2, -0.15) is 0 Å². The maximum Gasteiger partial charge on any atom is 0.301 e. The van der Waals surface area contributed by atoms with Gasteiger partial charge in [0.15, 0.2) is 5.82 Å². The van der Waals surface area contributed by atoms with Gasteiger partial charge in [0.1, 0.15) is 17.3 Å². The molecule has 1 fully saturated rings. The number of methoxy groups -OCH3 is 1. The lowest BCUT2D eigenvalue weighted by Crippen LogP contribution is -2.29. The third kappa shape index (κ3) is 3.39. The minimum absolute atomic E-state index is 0.0313. The van der Waals surface area contributed by atoms with Crippen LogP contribution in [0.5, 0.6) is 5.75 Å². The van der Waals surface area contributed by atoms with Crippen molar-refractivity contribution in [2.45, 2.75) is 13.0 Å². The molecule has 1 aromatic heterocycles. The highest BCUT2D eigenvalue weighted by Gasteiger charge is 2.48. The zero-order chi connectivity index (χ0) is 21.4. The number of aryl methyl sites for hydroxylation is 1. The summed E-state index contributed by atoms with van der Waals surface area (Å²) >= 11 is 3.39. The molecular weight excluding hydrogens is 452 g/mol. The van der Waals surface area contributed by atoms with Crippen molar-refractivity contribution in [2.75, 3.05) is 12.0 Å². The molecule has 7 nitrogen and oxygen atoms in total. The quantitative estimate of drug-likeness (QED) is 0.347. The van der Waals surface area contributed by atoms with E-state index < -0.39 is 17.7 Å². The number of aromatic nitrogens is 1. The highest BCUT2D eigenvalue weighted by atomic mass is 79.9. The second-order valence-corrected chi connectivity index (χ2v) is 7.66. The fourth-order valence-electron chi connectivity index (χ4n) is 3.42. The van der Waals surface area contributed by atoms with Crippen molar-refractivity contribution in [3.63, 3.8) is 0 Å². The van der Waals surface area contributed by atoms with Crippen molar-refractivity contribution in [2.24, 2.45) is 0 Å². The SMILES string of the molecule is COc1cccc(C(O)=C2C(=O)C(=O)N(c3cc(C)on3)[C@@H]2c2ccc(Br)cc2)c1. The summed E-state index contributed by atoms with van der Waals surface area (Å²) in [4.78, 5) is 27.2. The lowest BCUT2D eigenvalue weighted by atomic mass is 9.95. The fourth-order valence-corrected chi connectivity index (χ4v) is 3.69. The summed E-state index contributed by atoms with van der Waals surface area (Å²) < 4.78 is 11.2. The number of aliphatic hydroxyl groups excluding tert-OH is 1. The third-order valence-corrected chi connectivity index (χ3v) is 5.36. The topological polar surface area (TPSA) is 92.9 Å². The van der Waals surface area contributed by atoms with Gasteiger partial charge in [-0.15, -0.1) is 0 Å². The number of ether oxygens (including phenoxy) is 1. The van der Waals surface area contributed by atoms with E-state index in [0.29, 0.717) is 22.6 Å². The van der Waals surface area contributed by atoms with Crippen molar-refractivity contribution >= 4 is 39.2 Å². The molecule has 0 spiro atoms. The van der Waals surface area contributed by atoms with Crippen molar-refractivity contribution < 1.29 is 24.0 Å². The van der Waals surface area contributed by atoms with E-state index in [1.54, 1.807) is 61.5 Å². The van der Waals surface area contributed by atoms with E-state index in [-0.39, 0.29) is 17.2 Å². The van der Waals surface area contributed by atoms with E-state index in [4.69, 9.17) is 9.26 Å². The normalized spacial score (nSPS) is 18.1. The van der Waals surface area contributed by atoms with Crippen LogP contribution in [0, 0.1) is 6.92 Å². The molecular formula is C22H17BrN2O5. The Balaban J connectivity index is 1.94. The number of halogens is 1. The van der Waals surface area contributed by atoms with E-state index in [1.807, 2.05) is 0 Å². The molecule has 3 aromatic rings. The molecule has 8 heteroatoms. The summed E-state index contributed by atoms with van der Waals surface area (Å²) in [6.07, 6.45) is 0. The molecule has 1 atom stereocenters. The van der Waals surface area contributed by atoms with Gasteiger partial charge in [-0.1, -0.05) is 45.4 Å². The maximum atomic E-state index is 13.0. The van der Waals surface area contributed by atoms with Crippen molar-refractivity contribution in [1.29, 1.82) is 0 Å². The number of carbonyl (C=O) groups is 2. The Morgan fingerprint density at radius 1 is 1.17 bits per heavy atom. The summed E-state index contributed by atoms with van der Waals surface area (Å²) in [6, 6.07) is 14.5. The number of nitrogens with zero attached hydrogens (tertiary/aromatic N) is 2. The highest BCUT2D eigenvalue weighted by Crippen LogP contribution is 2.42. The lowest BCUT2D eigenvalue weighted by molar-refractivity contribution is -0.132. The van der Waals surface area contributed by atoms with Crippen LogP contribution in [0.4, 0.5) is 5.82 Å². The summed E-state index contributed by atoms with van der Waals surface area (Å²) in [7, 11) is 1.51. The first-order valence-electron chi connectivity index (χ1n) is 9.05. The van der Waals surface area contributed by atoms with E-state index in [0.717, 1.165) is 4.47 Å². The second kappa shape index (κ2) is 7.79. The number of Topliss-reactive ketones (excluding diaryl/α,β-unsaturated/α-hetero) is 1. The van der Waals surface area contributed by atoms with Gasteiger partial charge in [-0.05, 0) is 36.8 Å². The molecule has 30 heavy (non-hydrogen) atoms. The molecule has 0 unspecified atom stereocenters. The Hall–Kier alpha value is -3.39. The summed E-state index contributed by atoms with van der Waals surface area (Å²) in [6.45, 7) is 1.69. The smallest absolute Gasteiger partial charge is 0.301 e. The maximum absolute atomic E-state index is 13.0. The Labute approximate surface area is 180 Å². The molecule has 1 aliphatic heterocycles. The van der Waals surface area contributed by atoms with Gasteiger partial charge in [-0.3, -0.25) is 14.5 Å². The van der Waals surface area contributed by atoms with E-state index in [9.17, 15) is 14.7 Å². The number of ketones is 1.